The summed E-state index contributed by atoms with van der Waals surface area (Å²) in [5.74, 6) is 2.91. The van der Waals surface area contributed by atoms with Crippen molar-refractivity contribution in [2.75, 3.05) is 39.8 Å². The van der Waals surface area contributed by atoms with Gasteiger partial charge in [0, 0.05) is 44.6 Å². The van der Waals surface area contributed by atoms with Gasteiger partial charge < -0.3 is 19.1 Å². The number of likely N-dealkylation sites (tertiary alicyclic amines) is 1. The number of carbonyl (C=O) groups excluding carboxylic acids is 1. The van der Waals surface area contributed by atoms with Crippen LogP contribution in [0.4, 0.5) is 0 Å². The first-order valence-corrected chi connectivity index (χ1v) is 11.5. The van der Waals surface area contributed by atoms with E-state index < -0.39 is 0 Å². The van der Waals surface area contributed by atoms with E-state index in [-0.39, 0.29) is 11.8 Å². The van der Waals surface area contributed by atoms with Gasteiger partial charge in [-0.25, -0.2) is 4.98 Å². The molecule has 1 atom stereocenters. The first-order valence-electron chi connectivity index (χ1n) is 11.5. The molecular formula is C24H32N4O3. The van der Waals surface area contributed by atoms with E-state index in [0.717, 1.165) is 63.4 Å². The average molecular weight is 425 g/mol. The van der Waals surface area contributed by atoms with Crippen molar-refractivity contribution in [1.82, 2.24) is 19.8 Å². The number of para-hydroxylation sites is 1. The highest BCUT2D eigenvalue weighted by Crippen LogP contribution is 2.43. The van der Waals surface area contributed by atoms with E-state index in [4.69, 9.17) is 9.25 Å². The molecule has 3 aliphatic rings. The number of carbonyl (C=O) groups is 1. The van der Waals surface area contributed by atoms with E-state index in [0.29, 0.717) is 23.6 Å². The van der Waals surface area contributed by atoms with Gasteiger partial charge in [-0.3, -0.25) is 4.79 Å². The third kappa shape index (κ3) is 3.85. The van der Waals surface area contributed by atoms with E-state index in [2.05, 4.69) is 28.1 Å². The van der Waals surface area contributed by atoms with Gasteiger partial charge in [0.15, 0.2) is 11.6 Å². The number of hydrogen-bond donors (Lipinski definition) is 0. The summed E-state index contributed by atoms with van der Waals surface area (Å²) in [6.07, 6.45) is 3.07. The Morgan fingerprint density at radius 1 is 1.13 bits per heavy atom. The van der Waals surface area contributed by atoms with Crippen LogP contribution < -0.4 is 4.84 Å². The lowest BCUT2D eigenvalue weighted by Crippen LogP contribution is -2.45. The van der Waals surface area contributed by atoms with Crippen LogP contribution in [0.3, 0.4) is 0 Å². The van der Waals surface area contributed by atoms with Crippen LogP contribution in [0.1, 0.15) is 66.4 Å². The van der Waals surface area contributed by atoms with Gasteiger partial charge in [-0.15, -0.1) is 5.06 Å². The maximum absolute atomic E-state index is 12.9. The molecule has 7 nitrogen and oxygen atoms in total. The molecule has 31 heavy (non-hydrogen) atoms. The average Bonchev–Trinajstić information content (AvgIpc) is 3.35. The van der Waals surface area contributed by atoms with E-state index in [1.165, 1.54) is 5.56 Å². The Bertz CT molecular complexity index is 948. The highest BCUT2D eigenvalue weighted by atomic mass is 16.7. The quantitative estimate of drug-likeness (QED) is 0.732. The van der Waals surface area contributed by atoms with Crippen molar-refractivity contribution < 1.29 is 14.0 Å². The van der Waals surface area contributed by atoms with Crippen LogP contribution in [-0.2, 0) is 6.42 Å². The van der Waals surface area contributed by atoms with E-state index in [9.17, 15) is 4.79 Å². The molecule has 0 N–H and O–H groups in total. The summed E-state index contributed by atoms with van der Waals surface area (Å²) in [5, 5.41) is 2.03. The minimum Gasteiger partial charge on any atom is -0.435 e. The molecule has 7 heteroatoms. The third-order valence-electron chi connectivity index (χ3n) is 6.94. The molecule has 1 fully saturated rings. The SMILES string of the molecule is CC(C)c1nc2c(o1)C(=O)N(CCN1CCC(C3c4ccccc4ON3C)CC1)CC2. The fourth-order valence-corrected chi connectivity index (χ4v) is 5.17. The van der Waals surface area contributed by atoms with Crippen molar-refractivity contribution in [3.05, 3.63) is 47.2 Å². The number of amides is 1. The topological polar surface area (TPSA) is 62.1 Å². The molecule has 1 aromatic carbocycles. The van der Waals surface area contributed by atoms with Crippen molar-refractivity contribution in [3.63, 3.8) is 0 Å². The highest BCUT2D eigenvalue weighted by molar-refractivity contribution is 5.93. The molecule has 1 aromatic heterocycles. The molecular weight excluding hydrogens is 392 g/mol. The number of fused-ring (bicyclic) bond motifs is 2. The van der Waals surface area contributed by atoms with E-state index in [1.807, 2.05) is 36.9 Å². The molecule has 1 unspecified atom stereocenters. The molecule has 5 rings (SSSR count). The number of hydroxylamine groups is 2. The van der Waals surface area contributed by atoms with Crippen LogP contribution >= 0.6 is 0 Å². The predicted molar refractivity (Wildman–Crippen MR) is 117 cm³/mol. The van der Waals surface area contributed by atoms with Crippen molar-refractivity contribution in [2.45, 2.75) is 45.1 Å². The van der Waals surface area contributed by atoms with Gasteiger partial charge in [0.25, 0.3) is 5.91 Å². The number of aromatic nitrogens is 1. The predicted octanol–water partition coefficient (Wildman–Crippen LogP) is 3.49. The van der Waals surface area contributed by atoms with E-state index >= 15 is 0 Å². The Morgan fingerprint density at radius 2 is 1.90 bits per heavy atom. The fourth-order valence-electron chi connectivity index (χ4n) is 5.17. The summed E-state index contributed by atoms with van der Waals surface area (Å²) in [6, 6.07) is 8.72. The van der Waals surface area contributed by atoms with Gasteiger partial charge in [-0.1, -0.05) is 32.0 Å². The van der Waals surface area contributed by atoms with Crippen LogP contribution in [-0.4, -0.2) is 65.5 Å². The smallest absolute Gasteiger partial charge is 0.291 e. The molecule has 1 amide bonds. The Balaban J connectivity index is 1.15. The lowest BCUT2D eigenvalue weighted by molar-refractivity contribution is -0.0703. The lowest BCUT2D eigenvalue weighted by atomic mass is 9.85. The van der Waals surface area contributed by atoms with Gasteiger partial charge in [0.05, 0.1) is 11.7 Å². The van der Waals surface area contributed by atoms with Crippen molar-refractivity contribution in [1.29, 1.82) is 0 Å². The molecule has 1 saturated heterocycles. The monoisotopic (exact) mass is 424 g/mol. The zero-order chi connectivity index (χ0) is 21.5. The standard InChI is InChI=1S/C24H32N4O3/c1-16(2)23-25-19-10-13-28(24(29)22(19)30-23)15-14-27-11-8-17(9-12-27)21-18-6-4-5-7-20(18)31-26(21)3/h4-7,16-17,21H,8-15H2,1-3H3. The van der Waals surface area contributed by atoms with E-state index in [1.54, 1.807) is 0 Å². The number of hydrogen-bond acceptors (Lipinski definition) is 6. The molecule has 4 heterocycles. The number of nitrogens with zero attached hydrogens (tertiary/aromatic N) is 4. The summed E-state index contributed by atoms with van der Waals surface area (Å²) in [7, 11) is 2.04. The highest BCUT2D eigenvalue weighted by Gasteiger charge is 2.37. The summed E-state index contributed by atoms with van der Waals surface area (Å²) >= 11 is 0. The van der Waals surface area contributed by atoms with Crippen molar-refractivity contribution >= 4 is 5.91 Å². The second kappa shape index (κ2) is 8.28. The first-order chi connectivity index (χ1) is 15.0. The second-order valence-electron chi connectivity index (χ2n) is 9.32. The zero-order valence-corrected chi connectivity index (χ0v) is 18.7. The number of benzene rings is 1. The van der Waals surface area contributed by atoms with Gasteiger partial charge >= 0.3 is 0 Å². The van der Waals surface area contributed by atoms with Crippen LogP contribution in [0.25, 0.3) is 0 Å². The molecule has 3 aliphatic heterocycles. The van der Waals surface area contributed by atoms with Crippen LogP contribution in [0.15, 0.2) is 28.7 Å². The van der Waals surface area contributed by atoms with Gasteiger partial charge in [0.2, 0.25) is 5.76 Å². The van der Waals surface area contributed by atoms with Crippen LogP contribution in [0.5, 0.6) is 5.75 Å². The third-order valence-corrected chi connectivity index (χ3v) is 6.94. The second-order valence-corrected chi connectivity index (χ2v) is 9.32. The molecule has 2 aromatic rings. The zero-order valence-electron chi connectivity index (χ0n) is 18.7. The molecule has 0 saturated carbocycles. The Morgan fingerprint density at radius 3 is 2.68 bits per heavy atom. The first kappa shape index (κ1) is 20.5. The molecule has 0 radical (unpaired) electrons. The minimum absolute atomic E-state index is 0.00290. The normalized spacial score (nSPS) is 22.6. The molecule has 166 valence electrons. The van der Waals surface area contributed by atoms with Gasteiger partial charge in [0.1, 0.15) is 0 Å². The maximum Gasteiger partial charge on any atom is 0.291 e. The summed E-state index contributed by atoms with van der Waals surface area (Å²) < 4.78 is 5.78. The maximum atomic E-state index is 12.9. The Hall–Kier alpha value is -2.38. The minimum atomic E-state index is -0.00290. The van der Waals surface area contributed by atoms with Crippen molar-refractivity contribution in [3.8, 4) is 5.75 Å². The van der Waals surface area contributed by atoms with Crippen molar-refractivity contribution in [2.24, 2.45) is 5.92 Å². The summed E-state index contributed by atoms with van der Waals surface area (Å²) in [5.41, 5.74) is 2.14. The fraction of sp³-hybridized carbons (Fsp3) is 0.583. The van der Waals surface area contributed by atoms with Gasteiger partial charge in [-0.2, -0.15) is 0 Å². The summed E-state index contributed by atoms with van der Waals surface area (Å²) in [6.45, 7) is 8.58. The largest absolute Gasteiger partial charge is 0.435 e. The molecule has 0 bridgehead atoms. The molecule has 0 aliphatic carbocycles. The Kier molecular flexibility index (Phi) is 5.48. The number of piperidine rings is 1. The number of rotatable bonds is 5. The Labute approximate surface area is 183 Å². The van der Waals surface area contributed by atoms with Crippen LogP contribution in [0, 0.1) is 5.92 Å². The summed E-state index contributed by atoms with van der Waals surface area (Å²) in [4.78, 5) is 27.7. The van der Waals surface area contributed by atoms with Crippen LogP contribution in [0.2, 0.25) is 0 Å². The lowest BCUT2D eigenvalue weighted by Gasteiger charge is -2.37. The molecule has 0 spiro atoms. The number of oxazole rings is 1. The van der Waals surface area contributed by atoms with Gasteiger partial charge in [-0.05, 0) is 37.9 Å².